The van der Waals surface area contributed by atoms with Crippen molar-refractivity contribution in [2.45, 2.75) is 12.1 Å². The number of nitriles is 4. The summed E-state index contributed by atoms with van der Waals surface area (Å²) in [6.45, 7) is 0. The summed E-state index contributed by atoms with van der Waals surface area (Å²) >= 11 is 0. The lowest BCUT2D eigenvalue weighted by atomic mass is 9.61. The Bertz CT molecular complexity index is 1140. The molecule has 2 aromatic rings. The van der Waals surface area contributed by atoms with Gasteiger partial charge in [-0.25, -0.2) is 0 Å². The van der Waals surface area contributed by atoms with Crippen LogP contribution in [0.4, 0.5) is 11.4 Å². The molecule has 2 aromatic carbocycles. The van der Waals surface area contributed by atoms with Gasteiger partial charge in [0.2, 0.25) is 0 Å². The molecule has 1 saturated heterocycles. The number of hydrogen-bond acceptors (Lipinski definition) is 9. The highest BCUT2D eigenvalue weighted by Gasteiger charge is 2.69. The topological polar surface area (TPSA) is 193 Å². The zero-order valence-electron chi connectivity index (χ0n) is 15.6. The number of non-ortho nitro benzene ring substituents is 2. The van der Waals surface area contributed by atoms with Crippen LogP contribution >= 0.6 is 0 Å². The lowest BCUT2D eigenvalue weighted by molar-refractivity contribution is -0.385. The highest BCUT2D eigenvalue weighted by molar-refractivity contribution is 5.51. The first-order valence-electron chi connectivity index (χ1n) is 8.70. The standard InChI is InChI=1S/C20H11N7O4/c21-9-19(10-22)17(13-3-1-5-15(7-13)26(28)29)25-18(20(19,11-23)12-24)14-4-2-6-16(8-14)27(30)31/h1-8,17-18,25H/t17-,18+. The van der Waals surface area contributed by atoms with Crippen LogP contribution in [0.15, 0.2) is 48.5 Å². The van der Waals surface area contributed by atoms with Gasteiger partial charge in [0.25, 0.3) is 11.4 Å². The molecule has 0 spiro atoms. The molecule has 0 aliphatic carbocycles. The lowest BCUT2D eigenvalue weighted by Crippen LogP contribution is -2.39. The molecule has 1 aliphatic rings. The van der Waals surface area contributed by atoms with Gasteiger partial charge in [0, 0.05) is 24.3 Å². The number of nitro groups is 2. The Kier molecular flexibility index (Phi) is 5.07. The second-order valence-electron chi connectivity index (χ2n) is 6.80. The largest absolute Gasteiger partial charge is 0.298 e. The van der Waals surface area contributed by atoms with Crippen molar-refractivity contribution in [3.63, 3.8) is 0 Å². The molecule has 11 nitrogen and oxygen atoms in total. The first kappa shape index (κ1) is 20.9. The Morgan fingerprint density at radius 3 is 1.39 bits per heavy atom. The third kappa shape index (κ3) is 2.90. The smallest absolute Gasteiger partial charge is 0.269 e. The molecule has 150 valence electrons. The van der Waals surface area contributed by atoms with Gasteiger partial charge in [-0.3, -0.25) is 25.5 Å². The van der Waals surface area contributed by atoms with Crippen molar-refractivity contribution in [2.24, 2.45) is 10.8 Å². The Hall–Kier alpha value is -4.84. The molecule has 0 unspecified atom stereocenters. The zero-order valence-corrected chi connectivity index (χ0v) is 15.6. The van der Waals surface area contributed by atoms with E-state index in [0.717, 1.165) is 12.1 Å². The van der Waals surface area contributed by atoms with E-state index in [4.69, 9.17) is 0 Å². The molecule has 0 radical (unpaired) electrons. The second-order valence-corrected chi connectivity index (χ2v) is 6.80. The number of nitrogens with zero attached hydrogens (tertiary/aromatic N) is 6. The molecule has 1 fully saturated rings. The maximum absolute atomic E-state index is 11.2. The summed E-state index contributed by atoms with van der Waals surface area (Å²) in [6, 6.07) is 14.9. The van der Waals surface area contributed by atoms with Crippen LogP contribution in [0.1, 0.15) is 23.2 Å². The van der Waals surface area contributed by atoms with Crippen LogP contribution in [-0.2, 0) is 0 Å². The third-order valence-corrected chi connectivity index (χ3v) is 5.36. The summed E-state index contributed by atoms with van der Waals surface area (Å²) in [5.74, 6) is 0. The molecule has 0 saturated carbocycles. The molecule has 1 N–H and O–H groups in total. The van der Waals surface area contributed by atoms with E-state index in [-0.39, 0.29) is 22.5 Å². The van der Waals surface area contributed by atoms with Gasteiger partial charge in [-0.05, 0) is 11.1 Å². The molecule has 11 heteroatoms. The fraction of sp³-hybridized carbons (Fsp3) is 0.200. The van der Waals surface area contributed by atoms with E-state index >= 15 is 0 Å². The van der Waals surface area contributed by atoms with Crippen LogP contribution in [0.25, 0.3) is 0 Å². The molecular weight excluding hydrogens is 402 g/mol. The minimum Gasteiger partial charge on any atom is -0.298 e. The molecule has 1 heterocycles. The Morgan fingerprint density at radius 1 is 0.742 bits per heavy atom. The van der Waals surface area contributed by atoms with Gasteiger partial charge in [-0.1, -0.05) is 24.3 Å². The number of nitrogens with one attached hydrogen (secondary N) is 1. The number of rotatable bonds is 4. The van der Waals surface area contributed by atoms with Gasteiger partial charge in [-0.15, -0.1) is 0 Å². The molecule has 0 amide bonds. The molecule has 2 atom stereocenters. The average molecular weight is 413 g/mol. The SMILES string of the molecule is N#CC1(C#N)[C@@H](c2cccc([N+](=O)[O-])c2)N[C@@H](c2cccc([N+](=O)[O-])c2)C1(C#N)C#N. The highest BCUT2D eigenvalue weighted by atomic mass is 16.6. The molecule has 3 rings (SSSR count). The average Bonchev–Trinajstić information content (AvgIpc) is 3.09. The van der Waals surface area contributed by atoms with Crippen molar-refractivity contribution >= 4 is 11.4 Å². The van der Waals surface area contributed by atoms with Crippen molar-refractivity contribution in [2.75, 3.05) is 0 Å². The van der Waals surface area contributed by atoms with Crippen molar-refractivity contribution in [3.05, 3.63) is 79.9 Å². The van der Waals surface area contributed by atoms with E-state index in [2.05, 4.69) is 5.32 Å². The summed E-state index contributed by atoms with van der Waals surface area (Å²) in [4.78, 5) is 21.1. The van der Waals surface area contributed by atoms with Gasteiger partial charge in [0.1, 0.15) is 0 Å². The Labute approximate surface area is 175 Å². The fourth-order valence-electron chi connectivity index (χ4n) is 3.86. The summed E-state index contributed by atoms with van der Waals surface area (Å²) in [5.41, 5.74) is -4.83. The van der Waals surface area contributed by atoms with E-state index in [0.29, 0.717) is 0 Å². The second kappa shape index (κ2) is 7.53. The number of hydrogen-bond donors (Lipinski definition) is 1. The normalized spacial score (nSPS) is 20.4. The first-order valence-corrected chi connectivity index (χ1v) is 8.70. The van der Waals surface area contributed by atoms with Gasteiger partial charge in [0.15, 0.2) is 10.8 Å². The van der Waals surface area contributed by atoms with Crippen LogP contribution < -0.4 is 5.32 Å². The predicted molar refractivity (Wildman–Crippen MR) is 102 cm³/mol. The summed E-state index contributed by atoms with van der Waals surface area (Å²) in [6.07, 6.45) is 0. The highest BCUT2D eigenvalue weighted by Crippen LogP contribution is 2.60. The quantitative estimate of drug-likeness (QED) is 0.579. The molecule has 0 aromatic heterocycles. The van der Waals surface area contributed by atoms with Crippen molar-refractivity contribution in [1.29, 1.82) is 21.0 Å². The molecule has 31 heavy (non-hydrogen) atoms. The van der Waals surface area contributed by atoms with Crippen molar-refractivity contribution in [3.8, 4) is 24.3 Å². The van der Waals surface area contributed by atoms with Crippen molar-refractivity contribution < 1.29 is 9.85 Å². The number of nitro benzene ring substituents is 2. The van der Waals surface area contributed by atoms with E-state index in [1.165, 1.54) is 36.4 Å². The van der Waals surface area contributed by atoms with Crippen LogP contribution in [0.5, 0.6) is 0 Å². The lowest BCUT2D eigenvalue weighted by Gasteiger charge is -2.29. The Balaban J connectivity index is 2.29. The Morgan fingerprint density at radius 2 is 1.10 bits per heavy atom. The third-order valence-electron chi connectivity index (χ3n) is 5.36. The van der Waals surface area contributed by atoms with Crippen molar-refractivity contribution in [1.82, 2.24) is 5.32 Å². The minimum atomic E-state index is -2.26. The zero-order chi connectivity index (χ0) is 22.8. The first-order chi connectivity index (χ1) is 14.8. The van der Waals surface area contributed by atoms with Gasteiger partial charge in [0.05, 0.1) is 46.2 Å². The summed E-state index contributed by atoms with van der Waals surface area (Å²) < 4.78 is 0. The summed E-state index contributed by atoms with van der Waals surface area (Å²) in [5, 5.41) is 65.2. The number of benzene rings is 2. The molecule has 0 bridgehead atoms. The van der Waals surface area contributed by atoms with Crippen LogP contribution in [-0.4, -0.2) is 9.85 Å². The molecular formula is C20H11N7O4. The van der Waals surface area contributed by atoms with Gasteiger partial charge >= 0.3 is 0 Å². The maximum Gasteiger partial charge on any atom is 0.269 e. The predicted octanol–water partition coefficient (Wildman–Crippen LogP) is 2.96. The van der Waals surface area contributed by atoms with Crippen LogP contribution in [0.3, 0.4) is 0 Å². The minimum absolute atomic E-state index is 0.153. The van der Waals surface area contributed by atoms with Crippen LogP contribution in [0.2, 0.25) is 0 Å². The van der Waals surface area contributed by atoms with E-state index in [1.54, 1.807) is 24.3 Å². The van der Waals surface area contributed by atoms with E-state index < -0.39 is 32.8 Å². The van der Waals surface area contributed by atoms with E-state index in [9.17, 15) is 41.3 Å². The van der Waals surface area contributed by atoms with E-state index in [1.807, 2.05) is 0 Å². The summed E-state index contributed by atoms with van der Waals surface area (Å²) in [7, 11) is 0. The monoisotopic (exact) mass is 413 g/mol. The van der Waals surface area contributed by atoms with Gasteiger partial charge < -0.3 is 0 Å². The molecule has 1 aliphatic heterocycles. The van der Waals surface area contributed by atoms with Crippen LogP contribution in [0, 0.1) is 76.4 Å². The van der Waals surface area contributed by atoms with Gasteiger partial charge in [-0.2, -0.15) is 21.0 Å². The fourth-order valence-corrected chi connectivity index (χ4v) is 3.86. The maximum atomic E-state index is 11.2.